The maximum absolute atomic E-state index is 10.3. The van der Waals surface area contributed by atoms with Crippen LogP contribution < -0.4 is 16.0 Å². The van der Waals surface area contributed by atoms with E-state index in [0.717, 1.165) is 58.3 Å². The van der Waals surface area contributed by atoms with E-state index in [1.807, 2.05) is 0 Å². The fourth-order valence-electron chi connectivity index (χ4n) is 1.77. The van der Waals surface area contributed by atoms with Crippen LogP contribution in [-0.4, -0.2) is 69.8 Å². The van der Waals surface area contributed by atoms with E-state index in [9.17, 15) is 9.59 Å². The molecule has 7 heteroatoms. The highest BCUT2D eigenvalue weighted by Gasteiger charge is 1.95. The Morgan fingerprint density at radius 2 is 1.41 bits per heavy atom. The number of hydrogen-bond donors (Lipinski definition) is 4. The Morgan fingerprint density at radius 3 is 1.95 bits per heavy atom. The summed E-state index contributed by atoms with van der Waals surface area (Å²) in [6.07, 6.45) is 4.73. The van der Waals surface area contributed by atoms with Crippen molar-refractivity contribution in [1.29, 1.82) is 0 Å². The van der Waals surface area contributed by atoms with Gasteiger partial charge in [0.2, 0.25) is 0 Å². The Bertz CT molecular complexity index is 265. The molecule has 0 spiro atoms. The van der Waals surface area contributed by atoms with Gasteiger partial charge >= 0.3 is 5.97 Å². The van der Waals surface area contributed by atoms with Crippen molar-refractivity contribution in [2.45, 2.75) is 32.1 Å². The Labute approximate surface area is 133 Å². The molecule has 130 valence electrons. The highest BCUT2D eigenvalue weighted by atomic mass is 16.5. The van der Waals surface area contributed by atoms with Crippen LogP contribution in [0.5, 0.6) is 0 Å². The van der Waals surface area contributed by atoms with E-state index in [1.54, 1.807) is 0 Å². The fourth-order valence-corrected chi connectivity index (χ4v) is 1.77. The number of carboxylic acid groups (broad SMARTS) is 1. The third-order valence-electron chi connectivity index (χ3n) is 2.99. The standard InChI is InChI=1S/C15H31N3O4/c19-12-4-3-8-18-11-14-22-13-10-17-7-2-1-6-16-9-5-15(20)21/h12,16-18H,1-11,13-14H2,(H,20,21). The number of aldehydes is 1. The van der Waals surface area contributed by atoms with E-state index in [4.69, 9.17) is 9.84 Å². The third-order valence-corrected chi connectivity index (χ3v) is 2.99. The maximum Gasteiger partial charge on any atom is 0.304 e. The summed E-state index contributed by atoms with van der Waals surface area (Å²) in [6.45, 7) is 6.28. The quantitative estimate of drug-likeness (QED) is 0.209. The first-order valence-electron chi connectivity index (χ1n) is 8.12. The minimum absolute atomic E-state index is 0.182. The molecule has 7 nitrogen and oxygen atoms in total. The van der Waals surface area contributed by atoms with Gasteiger partial charge in [-0.2, -0.15) is 0 Å². The molecule has 0 aliphatic carbocycles. The van der Waals surface area contributed by atoms with Gasteiger partial charge in [-0.25, -0.2) is 0 Å². The lowest BCUT2D eigenvalue weighted by Gasteiger charge is -2.07. The van der Waals surface area contributed by atoms with Crippen molar-refractivity contribution in [3.05, 3.63) is 0 Å². The summed E-state index contributed by atoms with van der Waals surface area (Å²) in [5.74, 6) is -0.759. The minimum Gasteiger partial charge on any atom is -0.481 e. The molecule has 0 saturated heterocycles. The van der Waals surface area contributed by atoms with Crippen LogP contribution in [0.15, 0.2) is 0 Å². The molecule has 0 bridgehead atoms. The van der Waals surface area contributed by atoms with Gasteiger partial charge in [-0.15, -0.1) is 0 Å². The van der Waals surface area contributed by atoms with Crippen LogP contribution in [0.1, 0.15) is 32.1 Å². The molecule has 0 aromatic rings. The predicted molar refractivity (Wildman–Crippen MR) is 86.2 cm³/mol. The van der Waals surface area contributed by atoms with Crippen molar-refractivity contribution >= 4 is 12.3 Å². The van der Waals surface area contributed by atoms with E-state index < -0.39 is 5.97 Å². The molecule has 0 rings (SSSR count). The monoisotopic (exact) mass is 317 g/mol. The van der Waals surface area contributed by atoms with Crippen LogP contribution in [0.25, 0.3) is 0 Å². The smallest absolute Gasteiger partial charge is 0.304 e. The molecule has 4 N–H and O–H groups in total. The first-order valence-corrected chi connectivity index (χ1v) is 8.12. The molecule has 0 unspecified atom stereocenters. The summed E-state index contributed by atoms with van der Waals surface area (Å²) >= 11 is 0. The summed E-state index contributed by atoms with van der Waals surface area (Å²) in [5.41, 5.74) is 0. The molecule has 22 heavy (non-hydrogen) atoms. The van der Waals surface area contributed by atoms with Gasteiger partial charge < -0.3 is 30.6 Å². The Balaban J connectivity index is 2.97. The number of ether oxygens (including phenoxy) is 1. The number of rotatable bonds is 18. The number of carbonyl (C=O) groups excluding carboxylic acids is 1. The molecular weight excluding hydrogens is 286 g/mol. The second-order valence-corrected chi connectivity index (χ2v) is 5.02. The van der Waals surface area contributed by atoms with Crippen LogP contribution in [0, 0.1) is 0 Å². The highest BCUT2D eigenvalue weighted by Crippen LogP contribution is 1.85. The van der Waals surface area contributed by atoms with E-state index in [-0.39, 0.29) is 6.42 Å². The van der Waals surface area contributed by atoms with E-state index in [0.29, 0.717) is 26.2 Å². The molecule has 0 aliphatic rings. The molecule has 0 aromatic carbocycles. The van der Waals surface area contributed by atoms with Gasteiger partial charge in [-0.1, -0.05) is 0 Å². The lowest BCUT2D eigenvalue weighted by molar-refractivity contribution is -0.136. The number of aliphatic carboxylic acids is 1. The third kappa shape index (κ3) is 19.0. The van der Waals surface area contributed by atoms with Crippen molar-refractivity contribution < 1.29 is 19.4 Å². The molecule has 0 aliphatic heterocycles. The molecule has 0 saturated carbocycles. The molecule has 0 aromatic heterocycles. The maximum atomic E-state index is 10.3. The van der Waals surface area contributed by atoms with Crippen LogP contribution in [-0.2, 0) is 14.3 Å². The Morgan fingerprint density at radius 1 is 0.864 bits per heavy atom. The lowest BCUT2D eigenvalue weighted by Crippen LogP contribution is -2.25. The largest absolute Gasteiger partial charge is 0.481 e. The molecule has 0 amide bonds. The second kappa shape index (κ2) is 18.0. The number of nitrogens with one attached hydrogen (secondary N) is 3. The van der Waals surface area contributed by atoms with Gasteiger partial charge in [0.25, 0.3) is 0 Å². The van der Waals surface area contributed by atoms with Crippen LogP contribution in [0.2, 0.25) is 0 Å². The predicted octanol–water partition coefficient (Wildman–Crippen LogP) is 0.00580. The van der Waals surface area contributed by atoms with Crippen molar-refractivity contribution in [1.82, 2.24) is 16.0 Å². The fraction of sp³-hybridized carbons (Fsp3) is 0.867. The first kappa shape index (κ1) is 21.0. The van der Waals surface area contributed by atoms with E-state index in [1.165, 1.54) is 0 Å². The van der Waals surface area contributed by atoms with Crippen molar-refractivity contribution in [2.24, 2.45) is 0 Å². The highest BCUT2D eigenvalue weighted by molar-refractivity contribution is 5.66. The van der Waals surface area contributed by atoms with Gasteiger partial charge in [0.15, 0.2) is 0 Å². The molecule has 0 radical (unpaired) electrons. The van der Waals surface area contributed by atoms with Gasteiger partial charge in [0, 0.05) is 26.1 Å². The van der Waals surface area contributed by atoms with Gasteiger partial charge in [0.1, 0.15) is 6.29 Å². The molecule has 0 fully saturated rings. The van der Waals surface area contributed by atoms with Crippen molar-refractivity contribution in [3.63, 3.8) is 0 Å². The van der Waals surface area contributed by atoms with Gasteiger partial charge in [-0.3, -0.25) is 4.79 Å². The van der Waals surface area contributed by atoms with Gasteiger partial charge in [0.05, 0.1) is 19.6 Å². The molecule has 0 heterocycles. The number of hydrogen-bond acceptors (Lipinski definition) is 6. The van der Waals surface area contributed by atoms with Crippen molar-refractivity contribution in [2.75, 3.05) is 52.5 Å². The molecular formula is C15H31N3O4. The van der Waals surface area contributed by atoms with Crippen LogP contribution in [0.4, 0.5) is 0 Å². The Hall–Kier alpha value is -1.02. The first-order chi connectivity index (χ1) is 10.8. The average Bonchev–Trinajstić information content (AvgIpc) is 2.50. The number of carbonyl (C=O) groups is 2. The minimum atomic E-state index is -0.759. The molecule has 0 atom stereocenters. The summed E-state index contributed by atoms with van der Waals surface area (Å²) in [6, 6.07) is 0. The summed E-state index contributed by atoms with van der Waals surface area (Å²) < 4.78 is 5.46. The van der Waals surface area contributed by atoms with Crippen LogP contribution in [0.3, 0.4) is 0 Å². The summed E-state index contributed by atoms with van der Waals surface area (Å²) in [4.78, 5) is 20.4. The number of unbranched alkanes of at least 4 members (excludes halogenated alkanes) is 2. The van der Waals surface area contributed by atoms with Crippen LogP contribution >= 0.6 is 0 Å². The zero-order valence-electron chi connectivity index (χ0n) is 13.4. The van der Waals surface area contributed by atoms with Gasteiger partial charge in [-0.05, 0) is 38.9 Å². The van der Waals surface area contributed by atoms with E-state index >= 15 is 0 Å². The lowest BCUT2D eigenvalue weighted by atomic mass is 10.3. The summed E-state index contributed by atoms with van der Waals surface area (Å²) in [7, 11) is 0. The Kier molecular flexibility index (Phi) is 17.2. The van der Waals surface area contributed by atoms with E-state index in [2.05, 4.69) is 16.0 Å². The zero-order valence-corrected chi connectivity index (χ0v) is 13.4. The zero-order chi connectivity index (χ0) is 16.3. The number of carboxylic acids is 1. The average molecular weight is 317 g/mol. The SMILES string of the molecule is O=CCCCNCCOCCNCCCCNCCC(=O)O. The summed E-state index contributed by atoms with van der Waals surface area (Å²) in [5, 5.41) is 18.1. The second-order valence-electron chi connectivity index (χ2n) is 5.02. The van der Waals surface area contributed by atoms with Crippen molar-refractivity contribution in [3.8, 4) is 0 Å². The topological polar surface area (TPSA) is 99.7 Å². The normalized spacial score (nSPS) is 10.7.